The number of amides is 1. The van der Waals surface area contributed by atoms with Crippen LogP contribution in [0.3, 0.4) is 0 Å². The number of rotatable bonds is 4. The molecule has 2 fully saturated rings. The summed E-state index contributed by atoms with van der Waals surface area (Å²) < 4.78 is 0. The van der Waals surface area contributed by atoms with Crippen molar-refractivity contribution in [3.8, 4) is 0 Å². The highest BCUT2D eigenvalue weighted by Gasteiger charge is 2.34. The van der Waals surface area contributed by atoms with Crippen LogP contribution >= 0.6 is 0 Å². The molecule has 0 bridgehead atoms. The number of nitrogens with one attached hydrogen (secondary N) is 1. The largest absolute Gasteiger partial charge is 0.342 e. The number of hydrogen-bond acceptors (Lipinski definition) is 3. The highest BCUT2D eigenvalue weighted by Crippen LogP contribution is 2.24. The maximum absolute atomic E-state index is 12.0. The maximum atomic E-state index is 12.0. The van der Waals surface area contributed by atoms with Gasteiger partial charge in [-0.2, -0.15) is 0 Å². The number of likely N-dealkylation sites (tertiary alicyclic amines) is 1. The van der Waals surface area contributed by atoms with Gasteiger partial charge >= 0.3 is 0 Å². The predicted octanol–water partition coefficient (Wildman–Crippen LogP) is 0.539. The molecular weight excluding hydrogens is 214 g/mol. The second-order valence-corrected chi connectivity index (χ2v) is 5.22. The predicted molar refractivity (Wildman–Crippen MR) is 68.9 cm³/mol. The Bertz CT molecular complexity index is 251. The average Bonchev–Trinajstić information content (AvgIpc) is 2.72. The maximum Gasteiger partial charge on any atom is 0.236 e. The molecule has 2 heterocycles. The van der Waals surface area contributed by atoms with Crippen LogP contribution in [-0.4, -0.2) is 61.0 Å². The van der Waals surface area contributed by atoms with Crippen molar-refractivity contribution in [1.29, 1.82) is 0 Å². The van der Waals surface area contributed by atoms with Crippen molar-refractivity contribution in [2.75, 3.05) is 39.3 Å². The molecule has 0 aromatic heterocycles. The van der Waals surface area contributed by atoms with Crippen LogP contribution in [0.25, 0.3) is 0 Å². The Kier molecular flexibility index (Phi) is 4.40. The number of hydrogen-bond donors (Lipinski definition) is 1. The highest BCUT2D eigenvalue weighted by molar-refractivity contribution is 5.78. The first-order valence-corrected chi connectivity index (χ1v) is 6.98. The van der Waals surface area contributed by atoms with E-state index in [-0.39, 0.29) is 5.91 Å². The minimum absolute atomic E-state index is 0.286. The van der Waals surface area contributed by atoms with E-state index in [2.05, 4.69) is 10.2 Å². The normalized spacial score (nSPS) is 29.1. The van der Waals surface area contributed by atoms with Gasteiger partial charge in [0.1, 0.15) is 0 Å². The lowest BCUT2D eigenvalue weighted by molar-refractivity contribution is -0.131. The molecule has 2 aliphatic heterocycles. The fourth-order valence-electron chi connectivity index (χ4n) is 3.13. The van der Waals surface area contributed by atoms with Crippen LogP contribution in [0, 0.1) is 5.92 Å². The van der Waals surface area contributed by atoms with E-state index in [0.29, 0.717) is 12.6 Å². The lowest BCUT2D eigenvalue weighted by Crippen LogP contribution is -2.42. The van der Waals surface area contributed by atoms with Gasteiger partial charge in [0.05, 0.1) is 6.54 Å². The van der Waals surface area contributed by atoms with E-state index in [0.717, 1.165) is 38.6 Å². The van der Waals surface area contributed by atoms with Crippen LogP contribution in [0.5, 0.6) is 0 Å². The monoisotopic (exact) mass is 239 g/mol. The molecular formula is C13H25N3O. The first-order chi connectivity index (χ1) is 8.24. The Morgan fingerprint density at radius 3 is 2.76 bits per heavy atom. The van der Waals surface area contributed by atoms with E-state index in [1.54, 1.807) is 0 Å². The smallest absolute Gasteiger partial charge is 0.236 e. The second-order valence-electron chi connectivity index (χ2n) is 5.22. The fourth-order valence-corrected chi connectivity index (χ4v) is 3.13. The summed E-state index contributed by atoms with van der Waals surface area (Å²) in [5.41, 5.74) is 0. The van der Waals surface area contributed by atoms with Crippen LogP contribution in [0.1, 0.15) is 26.7 Å². The van der Waals surface area contributed by atoms with Crippen molar-refractivity contribution in [3.05, 3.63) is 0 Å². The zero-order valence-electron chi connectivity index (χ0n) is 11.1. The van der Waals surface area contributed by atoms with Crippen LogP contribution in [0.4, 0.5) is 0 Å². The van der Waals surface area contributed by atoms with E-state index in [1.165, 1.54) is 12.8 Å². The molecule has 2 rings (SSSR count). The number of carbonyl (C=O) groups excluding carboxylic acids is 1. The highest BCUT2D eigenvalue weighted by atomic mass is 16.2. The van der Waals surface area contributed by atoms with Crippen molar-refractivity contribution in [2.45, 2.75) is 32.7 Å². The second kappa shape index (κ2) is 5.83. The van der Waals surface area contributed by atoms with Gasteiger partial charge < -0.3 is 10.2 Å². The molecule has 4 nitrogen and oxygen atoms in total. The molecule has 98 valence electrons. The SMILES string of the molecule is CCN(CC)C(=O)CN1CC2CCCNC2C1. The van der Waals surface area contributed by atoms with E-state index in [1.807, 2.05) is 18.7 Å². The number of piperidine rings is 1. The van der Waals surface area contributed by atoms with Gasteiger partial charge in [-0.1, -0.05) is 0 Å². The zero-order valence-corrected chi connectivity index (χ0v) is 11.1. The van der Waals surface area contributed by atoms with Crippen molar-refractivity contribution < 1.29 is 4.79 Å². The van der Waals surface area contributed by atoms with Crippen LogP contribution in [-0.2, 0) is 4.79 Å². The quantitative estimate of drug-likeness (QED) is 0.778. The first kappa shape index (κ1) is 12.8. The van der Waals surface area contributed by atoms with Crippen molar-refractivity contribution in [1.82, 2.24) is 15.1 Å². The van der Waals surface area contributed by atoms with Crippen LogP contribution in [0.15, 0.2) is 0 Å². The van der Waals surface area contributed by atoms with Gasteiger partial charge in [-0.15, -0.1) is 0 Å². The van der Waals surface area contributed by atoms with E-state index in [9.17, 15) is 4.79 Å². The van der Waals surface area contributed by atoms with E-state index >= 15 is 0 Å². The molecule has 17 heavy (non-hydrogen) atoms. The van der Waals surface area contributed by atoms with Gasteiger partial charge in [-0.3, -0.25) is 9.69 Å². The summed E-state index contributed by atoms with van der Waals surface area (Å²) in [5.74, 6) is 1.06. The fraction of sp³-hybridized carbons (Fsp3) is 0.923. The van der Waals surface area contributed by atoms with E-state index < -0.39 is 0 Å². The molecule has 0 aromatic carbocycles. The van der Waals surface area contributed by atoms with Gasteiger partial charge in [-0.25, -0.2) is 0 Å². The van der Waals surface area contributed by atoms with Crippen LogP contribution in [0.2, 0.25) is 0 Å². The summed E-state index contributed by atoms with van der Waals surface area (Å²) in [5, 5.41) is 3.57. The molecule has 0 aliphatic carbocycles. The molecule has 2 saturated heterocycles. The Morgan fingerprint density at radius 1 is 1.35 bits per heavy atom. The first-order valence-electron chi connectivity index (χ1n) is 6.98. The van der Waals surface area contributed by atoms with Crippen molar-refractivity contribution in [3.63, 3.8) is 0 Å². The van der Waals surface area contributed by atoms with Gasteiger partial charge in [-0.05, 0) is 39.2 Å². The molecule has 0 spiro atoms. The molecule has 1 amide bonds. The van der Waals surface area contributed by atoms with Gasteiger partial charge in [0.25, 0.3) is 0 Å². The minimum Gasteiger partial charge on any atom is -0.342 e. The summed E-state index contributed by atoms with van der Waals surface area (Å²) >= 11 is 0. The summed E-state index contributed by atoms with van der Waals surface area (Å²) in [6.07, 6.45) is 2.62. The Hall–Kier alpha value is -0.610. The number of nitrogens with zero attached hydrogens (tertiary/aromatic N) is 2. The third-order valence-electron chi connectivity index (χ3n) is 4.15. The average molecular weight is 239 g/mol. The number of fused-ring (bicyclic) bond motifs is 1. The molecule has 0 aromatic rings. The molecule has 2 aliphatic rings. The van der Waals surface area contributed by atoms with E-state index in [4.69, 9.17) is 0 Å². The number of carbonyl (C=O) groups is 1. The number of likely N-dealkylation sites (N-methyl/N-ethyl adjacent to an activating group) is 1. The lowest BCUT2D eigenvalue weighted by atomic mass is 9.94. The third kappa shape index (κ3) is 2.99. The van der Waals surface area contributed by atoms with Gasteiger partial charge in [0.15, 0.2) is 0 Å². The van der Waals surface area contributed by atoms with Gasteiger partial charge in [0.2, 0.25) is 5.91 Å². The zero-order chi connectivity index (χ0) is 12.3. The molecule has 2 atom stereocenters. The molecule has 4 heteroatoms. The Balaban J connectivity index is 1.82. The molecule has 1 N–H and O–H groups in total. The lowest BCUT2D eigenvalue weighted by Gasteiger charge is -2.24. The summed E-state index contributed by atoms with van der Waals surface area (Å²) in [6, 6.07) is 0.633. The Morgan fingerprint density at radius 2 is 2.12 bits per heavy atom. The Labute approximate surface area is 104 Å². The molecule has 0 radical (unpaired) electrons. The topological polar surface area (TPSA) is 35.6 Å². The third-order valence-corrected chi connectivity index (χ3v) is 4.15. The van der Waals surface area contributed by atoms with Crippen molar-refractivity contribution in [2.24, 2.45) is 5.92 Å². The van der Waals surface area contributed by atoms with Gasteiger partial charge in [0, 0.05) is 32.2 Å². The summed E-state index contributed by atoms with van der Waals surface area (Å²) in [7, 11) is 0. The molecule has 0 saturated carbocycles. The van der Waals surface area contributed by atoms with Crippen LogP contribution < -0.4 is 5.32 Å². The van der Waals surface area contributed by atoms with Crippen molar-refractivity contribution >= 4 is 5.91 Å². The standard InChI is InChI=1S/C13H25N3O/c1-3-16(4-2)13(17)10-15-8-11-6-5-7-14-12(11)9-15/h11-12,14H,3-10H2,1-2H3. The minimum atomic E-state index is 0.286. The summed E-state index contributed by atoms with van der Waals surface area (Å²) in [4.78, 5) is 16.3. The summed E-state index contributed by atoms with van der Waals surface area (Å²) in [6.45, 7) is 9.67. The molecule has 2 unspecified atom stereocenters.